The highest BCUT2D eigenvalue weighted by molar-refractivity contribution is 7.09. The molecule has 0 unspecified atom stereocenters. The molecule has 0 atom stereocenters. The van der Waals surface area contributed by atoms with E-state index in [0.29, 0.717) is 23.5 Å². The highest BCUT2D eigenvalue weighted by atomic mass is 32.1. The average molecular weight is 410 g/mol. The molecule has 0 N–H and O–H groups in total. The van der Waals surface area contributed by atoms with Gasteiger partial charge in [0.2, 0.25) is 5.13 Å². The molecule has 3 aromatic rings. The van der Waals surface area contributed by atoms with Crippen LogP contribution in [0.1, 0.15) is 11.1 Å². The topological polar surface area (TPSA) is 32.3 Å². The Kier molecular flexibility index (Phi) is 5.84. The second kappa shape index (κ2) is 8.68. The Bertz CT molecular complexity index is 1040. The summed E-state index contributed by atoms with van der Waals surface area (Å²) >= 11 is 1.36. The number of aryl methyl sites for hydroxylation is 1. The zero-order chi connectivity index (χ0) is 20.2. The first-order valence-electron chi connectivity index (χ1n) is 9.40. The van der Waals surface area contributed by atoms with Crippen LogP contribution in [0.2, 0.25) is 0 Å². The Hall–Kier alpha value is -2.82. The maximum Gasteiger partial charge on any atom is 0.205 e. The molecular formula is C22H20F2N4S. The van der Waals surface area contributed by atoms with Crippen LogP contribution in [-0.4, -0.2) is 47.0 Å². The van der Waals surface area contributed by atoms with Crippen molar-refractivity contribution in [3.8, 4) is 23.2 Å². The van der Waals surface area contributed by atoms with Gasteiger partial charge in [-0.15, -0.1) is 0 Å². The van der Waals surface area contributed by atoms with E-state index in [0.717, 1.165) is 36.9 Å². The zero-order valence-corrected chi connectivity index (χ0v) is 16.8. The number of benzene rings is 2. The van der Waals surface area contributed by atoms with Gasteiger partial charge in [0.05, 0.1) is 6.54 Å². The van der Waals surface area contributed by atoms with E-state index in [1.54, 1.807) is 25.1 Å². The Morgan fingerprint density at radius 2 is 1.79 bits per heavy atom. The minimum Gasteiger partial charge on any atom is -0.344 e. The van der Waals surface area contributed by atoms with Gasteiger partial charge in [-0.2, -0.15) is 9.36 Å². The van der Waals surface area contributed by atoms with E-state index in [1.807, 2.05) is 6.07 Å². The molecule has 2 aromatic carbocycles. The fourth-order valence-corrected chi connectivity index (χ4v) is 3.82. The molecule has 0 aliphatic carbocycles. The molecular weight excluding hydrogens is 390 g/mol. The predicted octanol–water partition coefficient (Wildman–Crippen LogP) is 3.97. The summed E-state index contributed by atoms with van der Waals surface area (Å²) in [6, 6.07) is 11.3. The molecule has 4 nitrogen and oxygen atoms in total. The van der Waals surface area contributed by atoms with Crippen molar-refractivity contribution in [2.45, 2.75) is 6.92 Å². The molecule has 0 radical (unpaired) electrons. The van der Waals surface area contributed by atoms with Crippen LogP contribution in [0.4, 0.5) is 13.9 Å². The molecule has 1 aliphatic rings. The lowest BCUT2D eigenvalue weighted by atomic mass is 10.1. The van der Waals surface area contributed by atoms with E-state index in [1.165, 1.54) is 29.7 Å². The number of rotatable bonds is 3. The fourth-order valence-electron chi connectivity index (χ4n) is 3.08. The van der Waals surface area contributed by atoms with Crippen molar-refractivity contribution in [1.82, 2.24) is 14.3 Å². The van der Waals surface area contributed by atoms with Crippen molar-refractivity contribution in [2.75, 3.05) is 37.6 Å². The molecule has 0 spiro atoms. The van der Waals surface area contributed by atoms with Crippen LogP contribution in [0, 0.1) is 30.4 Å². The lowest BCUT2D eigenvalue weighted by molar-refractivity contribution is 0.288. The molecule has 2 heterocycles. The van der Waals surface area contributed by atoms with Crippen molar-refractivity contribution >= 4 is 16.7 Å². The molecule has 29 heavy (non-hydrogen) atoms. The van der Waals surface area contributed by atoms with Crippen molar-refractivity contribution in [3.05, 3.63) is 65.2 Å². The second-order valence-corrected chi connectivity index (χ2v) is 7.67. The van der Waals surface area contributed by atoms with Gasteiger partial charge in [-0.25, -0.2) is 8.78 Å². The third-order valence-corrected chi connectivity index (χ3v) is 5.64. The van der Waals surface area contributed by atoms with Crippen LogP contribution in [0.3, 0.4) is 0 Å². The molecule has 1 aliphatic heterocycles. The SMILES string of the molecule is Cc1ccc(C#CCN2CCN(c3nc(-c4ccc(F)cc4)ns3)CC2)cc1F. The van der Waals surface area contributed by atoms with Crippen LogP contribution in [0.5, 0.6) is 0 Å². The first kappa shape index (κ1) is 19.5. The summed E-state index contributed by atoms with van der Waals surface area (Å²) in [5.41, 5.74) is 2.15. The van der Waals surface area contributed by atoms with Gasteiger partial charge in [0.25, 0.3) is 0 Å². The lowest BCUT2D eigenvalue weighted by Crippen LogP contribution is -2.46. The Morgan fingerprint density at radius 3 is 2.52 bits per heavy atom. The van der Waals surface area contributed by atoms with Gasteiger partial charge in [-0.05, 0) is 48.9 Å². The maximum absolute atomic E-state index is 13.6. The number of hydrogen-bond acceptors (Lipinski definition) is 5. The van der Waals surface area contributed by atoms with Crippen LogP contribution in [0.25, 0.3) is 11.4 Å². The molecule has 1 saturated heterocycles. The minimum atomic E-state index is -0.268. The molecule has 0 amide bonds. The van der Waals surface area contributed by atoms with Crippen LogP contribution >= 0.6 is 11.5 Å². The van der Waals surface area contributed by atoms with Crippen molar-refractivity contribution in [2.24, 2.45) is 0 Å². The third-order valence-electron chi connectivity index (χ3n) is 4.87. The molecule has 1 aromatic heterocycles. The summed E-state index contributed by atoms with van der Waals surface area (Å²) in [6.45, 7) is 5.84. The van der Waals surface area contributed by atoms with Gasteiger partial charge in [-0.3, -0.25) is 4.90 Å². The van der Waals surface area contributed by atoms with E-state index in [4.69, 9.17) is 0 Å². The summed E-state index contributed by atoms with van der Waals surface area (Å²) in [4.78, 5) is 9.09. The van der Waals surface area contributed by atoms with Crippen molar-refractivity contribution in [1.29, 1.82) is 0 Å². The summed E-state index contributed by atoms with van der Waals surface area (Å²) < 4.78 is 31.1. The second-order valence-electron chi connectivity index (χ2n) is 6.94. The summed E-state index contributed by atoms with van der Waals surface area (Å²) in [7, 11) is 0. The highest BCUT2D eigenvalue weighted by Crippen LogP contribution is 2.25. The van der Waals surface area contributed by atoms with Gasteiger partial charge in [0.15, 0.2) is 5.82 Å². The molecule has 4 rings (SSSR count). The maximum atomic E-state index is 13.6. The summed E-state index contributed by atoms with van der Waals surface area (Å²) in [5.74, 6) is 6.31. The standard InChI is InChI=1S/C22H20F2N4S/c1-16-4-5-17(15-20(16)24)3-2-10-27-11-13-28(14-12-27)22-25-21(26-29-22)18-6-8-19(23)9-7-18/h4-9,15H,10-14H2,1H3. The van der Waals surface area contributed by atoms with E-state index < -0.39 is 0 Å². The number of aromatic nitrogens is 2. The summed E-state index contributed by atoms with van der Waals surface area (Å²) in [5, 5.41) is 0.880. The number of piperazine rings is 1. The zero-order valence-electron chi connectivity index (χ0n) is 16.0. The first-order valence-corrected chi connectivity index (χ1v) is 10.2. The number of nitrogens with zero attached hydrogens (tertiary/aromatic N) is 4. The summed E-state index contributed by atoms with van der Waals surface area (Å²) in [6.07, 6.45) is 0. The molecule has 0 bridgehead atoms. The molecule has 7 heteroatoms. The van der Waals surface area contributed by atoms with E-state index in [-0.39, 0.29) is 11.6 Å². The normalized spacial score (nSPS) is 14.5. The molecule has 148 valence electrons. The van der Waals surface area contributed by atoms with Gasteiger partial charge < -0.3 is 4.90 Å². The fraction of sp³-hybridized carbons (Fsp3) is 0.273. The Balaban J connectivity index is 1.31. The average Bonchev–Trinajstić information content (AvgIpc) is 3.22. The number of hydrogen-bond donors (Lipinski definition) is 0. The Morgan fingerprint density at radius 1 is 1.03 bits per heavy atom. The van der Waals surface area contributed by atoms with Crippen molar-refractivity contribution in [3.63, 3.8) is 0 Å². The monoisotopic (exact) mass is 410 g/mol. The number of anilines is 1. The van der Waals surface area contributed by atoms with Gasteiger partial charge in [-0.1, -0.05) is 17.9 Å². The van der Waals surface area contributed by atoms with Crippen LogP contribution in [0.15, 0.2) is 42.5 Å². The van der Waals surface area contributed by atoms with Crippen LogP contribution in [-0.2, 0) is 0 Å². The van der Waals surface area contributed by atoms with Crippen LogP contribution < -0.4 is 4.90 Å². The molecule has 0 saturated carbocycles. The third kappa shape index (κ3) is 4.78. The van der Waals surface area contributed by atoms with Crippen molar-refractivity contribution < 1.29 is 8.78 Å². The first-order chi connectivity index (χ1) is 14.1. The quantitative estimate of drug-likeness (QED) is 0.612. The Labute approximate surface area is 173 Å². The van der Waals surface area contributed by atoms with E-state index in [2.05, 4.69) is 31.0 Å². The largest absolute Gasteiger partial charge is 0.344 e. The van der Waals surface area contributed by atoms with E-state index in [9.17, 15) is 8.78 Å². The predicted molar refractivity (Wildman–Crippen MR) is 112 cm³/mol. The lowest BCUT2D eigenvalue weighted by Gasteiger charge is -2.33. The minimum absolute atomic E-state index is 0.220. The highest BCUT2D eigenvalue weighted by Gasteiger charge is 2.19. The van der Waals surface area contributed by atoms with E-state index >= 15 is 0 Å². The number of halogens is 2. The van der Waals surface area contributed by atoms with Gasteiger partial charge in [0.1, 0.15) is 11.6 Å². The van der Waals surface area contributed by atoms with Gasteiger partial charge in [0, 0.05) is 48.8 Å². The van der Waals surface area contributed by atoms with Gasteiger partial charge >= 0.3 is 0 Å². The smallest absolute Gasteiger partial charge is 0.205 e. The molecule has 1 fully saturated rings.